The van der Waals surface area contributed by atoms with Crippen LogP contribution in [0.2, 0.25) is 0 Å². The normalized spacial score (nSPS) is 11.8. The van der Waals surface area contributed by atoms with Crippen LogP contribution < -0.4 is 0 Å². The van der Waals surface area contributed by atoms with E-state index in [1.807, 2.05) is 18.2 Å². The molecule has 0 saturated heterocycles. The average Bonchev–Trinajstić information content (AvgIpc) is 2.72. The molecule has 0 spiro atoms. The zero-order valence-electron chi connectivity index (χ0n) is 9.06. The topological polar surface area (TPSA) is 40.9 Å². The summed E-state index contributed by atoms with van der Waals surface area (Å²) >= 11 is 8.02. The zero-order chi connectivity index (χ0) is 13.1. The lowest BCUT2D eigenvalue weighted by Gasteiger charge is -2.06. The van der Waals surface area contributed by atoms with Gasteiger partial charge >= 0.3 is 0 Å². The van der Waals surface area contributed by atoms with Gasteiger partial charge in [-0.2, -0.15) is 5.26 Å². The first-order valence-electron chi connectivity index (χ1n) is 5.07. The van der Waals surface area contributed by atoms with Crippen molar-refractivity contribution in [1.29, 1.82) is 5.26 Å². The fourth-order valence-corrected chi connectivity index (χ4v) is 3.55. The van der Waals surface area contributed by atoms with Crippen molar-refractivity contribution >= 4 is 49.0 Å². The highest BCUT2D eigenvalue weighted by molar-refractivity contribution is 9.13. The molecule has 0 aliphatic rings. The van der Waals surface area contributed by atoms with Crippen molar-refractivity contribution in [3.63, 3.8) is 0 Å². The Labute approximate surface area is 126 Å². The molecule has 2 rings (SSSR count). The second-order valence-corrected chi connectivity index (χ2v) is 6.79. The van der Waals surface area contributed by atoms with Crippen molar-refractivity contribution in [2.75, 3.05) is 0 Å². The number of hydrogen-bond acceptors (Lipinski definition) is 3. The van der Waals surface area contributed by atoms with Gasteiger partial charge in [-0.25, -0.2) is 0 Å². The lowest BCUT2D eigenvalue weighted by Crippen LogP contribution is -2.09. The molecule has 0 amide bonds. The maximum atomic E-state index is 12.3. The number of hydrogen-bond donors (Lipinski definition) is 0. The number of ketones is 1. The molecule has 1 atom stereocenters. The van der Waals surface area contributed by atoms with E-state index in [1.54, 1.807) is 18.2 Å². The molecule has 0 aliphatic heterocycles. The Morgan fingerprint density at radius 3 is 2.44 bits per heavy atom. The summed E-state index contributed by atoms with van der Waals surface area (Å²) in [7, 11) is 0. The van der Waals surface area contributed by atoms with Gasteiger partial charge in [-0.05, 0) is 43.5 Å². The highest BCUT2D eigenvalue weighted by atomic mass is 79.9. The molecule has 1 unspecified atom stereocenters. The van der Waals surface area contributed by atoms with E-state index in [4.69, 9.17) is 0 Å². The highest BCUT2D eigenvalue weighted by Gasteiger charge is 2.23. The maximum absolute atomic E-state index is 12.3. The van der Waals surface area contributed by atoms with Crippen molar-refractivity contribution in [2.45, 2.75) is 5.92 Å². The largest absolute Gasteiger partial charge is 0.291 e. The Bertz CT molecular complexity index is 596. The second-order valence-electron chi connectivity index (χ2n) is 3.57. The second kappa shape index (κ2) is 5.79. The fourth-order valence-electron chi connectivity index (χ4n) is 1.54. The number of carbonyl (C=O) groups is 1. The summed E-state index contributed by atoms with van der Waals surface area (Å²) in [5.74, 6) is -0.913. The summed E-state index contributed by atoms with van der Waals surface area (Å²) in [6.07, 6.45) is 0. The molecule has 2 aromatic rings. The number of nitriles is 1. The first kappa shape index (κ1) is 13.5. The Kier molecular flexibility index (Phi) is 4.33. The predicted molar refractivity (Wildman–Crippen MR) is 78.8 cm³/mol. The molecule has 0 N–H and O–H groups in total. The van der Waals surface area contributed by atoms with E-state index in [-0.39, 0.29) is 5.78 Å². The molecular formula is C13H7Br2NOS. The van der Waals surface area contributed by atoms with Crippen LogP contribution in [0.15, 0.2) is 44.7 Å². The highest BCUT2D eigenvalue weighted by Crippen LogP contribution is 2.34. The van der Waals surface area contributed by atoms with E-state index in [9.17, 15) is 10.1 Å². The van der Waals surface area contributed by atoms with Crippen molar-refractivity contribution in [3.05, 3.63) is 55.1 Å². The summed E-state index contributed by atoms with van der Waals surface area (Å²) in [5.41, 5.74) is 0.727. The zero-order valence-corrected chi connectivity index (χ0v) is 13.0. The molecule has 1 aromatic heterocycles. The van der Waals surface area contributed by atoms with E-state index < -0.39 is 5.92 Å². The number of benzene rings is 1. The molecule has 5 heteroatoms. The van der Waals surface area contributed by atoms with E-state index in [0.29, 0.717) is 4.88 Å². The Morgan fingerprint density at radius 1 is 1.28 bits per heavy atom. The van der Waals surface area contributed by atoms with Gasteiger partial charge in [0, 0.05) is 4.47 Å². The third-order valence-electron chi connectivity index (χ3n) is 2.41. The van der Waals surface area contributed by atoms with Crippen LogP contribution >= 0.6 is 43.2 Å². The molecule has 1 aromatic carbocycles. The molecule has 0 fully saturated rings. The van der Waals surface area contributed by atoms with Crippen molar-refractivity contribution in [2.24, 2.45) is 0 Å². The van der Waals surface area contributed by atoms with Gasteiger partial charge in [-0.15, -0.1) is 11.3 Å². The molecule has 18 heavy (non-hydrogen) atoms. The number of Topliss-reactive ketones (excluding diaryl/α,β-unsaturated/α-hetero) is 1. The van der Waals surface area contributed by atoms with Crippen LogP contribution in [0.25, 0.3) is 0 Å². The monoisotopic (exact) mass is 383 g/mol. The van der Waals surface area contributed by atoms with Crippen molar-refractivity contribution < 1.29 is 4.79 Å². The predicted octanol–water partition coefficient (Wildman–Crippen LogP) is 4.76. The van der Waals surface area contributed by atoms with Gasteiger partial charge in [0.2, 0.25) is 0 Å². The van der Waals surface area contributed by atoms with E-state index in [2.05, 4.69) is 37.9 Å². The van der Waals surface area contributed by atoms with Gasteiger partial charge in [0.15, 0.2) is 5.78 Å². The maximum Gasteiger partial charge on any atom is 0.194 e. The fraction of sp³-hybridized carbons (Fsp3) is 0.0769. The van der Waals surface area contributed by atoms with Crippen LogP contribution in [-0.4, -0.2) is 5.78 Å². The standard InChI is InChI=1S/C13H7Br2NOS/c14-10-6-11(18-13(10)15)12(17)9(7-16)8-4-2-1-3-5-8/h1-6,9H. The summed E-state index contributed by atoms with van der Waals surface area (Å²) in [6, 6.07) is 12.9. The minimum Gasteiger partial charge on any atom is -0.291 e. The summed E-state index contributed by atoms with van der Waals surface area (Å²) in [4.78, 5) is 12.9. The third-order valence-corrected chi connectivity index (χ3v) is 5.68. The lowest BCUT2D eigenvalue weighted by molar-refractivity contribution is 0.0983. The summed E-state index contributed by atoms with van der Waals surface area (Å²) < 4.78 is 1.69. The SMILES string of the molecule is N#CC(C(=O)c1cc(Br)c(Br)s1)c1ccccc1. The Morgan fingerprint density at radius 2 is 1.94 bits per heavy atom. The van der Waals surface area contributed by atoms with E-state index in [1.165, 1.54) is 11.3 Å². The van der Waals surface area contributed by atoms with Crippen molar-refractivity contribution in [1.82, 2.24) is 0 Å². The van der Waals surface area contributed by atoms with Gasteiger partial charge in [0.05, 0.1) is 14.7 Å². The molecule has 90 valence electrons. The molecule has 0 aliphatic carbocycles. The number of thiophene rings is 1. The minimum atomic E-state index is -0.747. The lowest BCUT2D eigenvalue weighted by atomic mass is 9.95. The molecule has 0 bridgehead atoms. The molecule has 0 saturated carbocycles. The molecular weight excluding hydrogens is 378 g/mol. The van der Waals surface area contributed by atoms with Gasteiger partial charge in [0.1, 0.15) is 5.92 Å². The van der Waals surface area contributed by atoms with Gasteiger partial charge in [0.25, 0.3) is 0 Å². The molecule has 1 heterocycles. The first-order valence-corrected chi connectivity index (χ1v) is 7.47. The van der Waals surface area contributed by atoms with Crippen LogP contribution in [-0.2, 0) is 0 Å². The van der Waals surface area contributed by atoms with Gasteiger partial charge < -0.3 is 0 Å². The summed E-state index contributed by atoms with van der Waals surface area (Å²) in [5, 5.41) is 9.20. The Hall–Kier alpha value is -0.960. The van der Waals surface area contributed by atoms with Crippen molar-refractivity contribution in [3.8, 4) is 6.07 Å². The number of carbonyl (C=O) groups excluding carboxylic acids is 1. The average molecular weight is 385 g/mol. The van der Waals surface area contributed by atoms with Crippen LogP contribution in [0.4, 0.5) is 0 Å². The number of nitrogens with zero attached hydrogens (tertiary/aromatic N) is 1. The molecule has 0 radical (unpaired) electrons. The van der Waals surface area contributed by atoms with E-state index >= 15 is 0 Å². The number of rotatable bonds is 3. The van der Waals surface area contributed by atoms with Crippen LogP contribution in [0.3, 0.4) is 0 Å². The minimum absolute atomic E-state index is 0.167. The van der Waals surface area contributed by atoms with Crippen LogP contribution in [0.5, 0.6) is 0 Å². The first-order chi connectivity index (χ1) is 8.63. The summed E-state index contributed by atoms with van der Waals surface area (Å²) in [6.45, 7) is 0. The van der Waals surface area contributed by atoms with Crippen LogP contribution in [0, 0.1) is 11.3 Å². The molecule has 2 nitrogen and oxygen atoms in total. The quantitative estimate of drug-likeness (QED) is 0.715. The number of halogens is 2. The van der Waals surface area contributed by atoms with E-state index in [0.717, 1.165) is 13.8 Å². The van der Waals surface area contributed by atoms with Gasteiger partial charge in [-0.1, -0.05) is 30.3 Å². The Balaban J connectivity index is 2.35. The third kappa shape index (κ3) is 2.72. The van der Waals surface area contributed by atoms with Gasteiger partial charge in [-0.3, -0.25) is 4.79 Å². The smallest absolute Gasteiger partial charge is 0.194 e. The van der Waals surface area contributed by atoms with Crippen LogP contribution in [0.1, 0.15) is 21.2 Å².